The first-order valence-electron chi connectivity index (χ1n) is 7.26. The lowest BCUT2D eigenvalue weighted by Crippen LogP contribution is -2.31. The van der Waals surface area contributed by atoms with Gasteiger partial charge in [-0.1, -0.05) is 12.1 Å². The van der Waals surface area contributed by atoms with Crippen LogP contribution in [-0.4, -0.2) is 20.2 Å². The van der Waals surface area contributed by atoms with Crippen molar-refractivity contribution in [1.82, 2.24) is 5.32 Å². The smallest absolute Gasteiger partial charge is 0.331 e. The van der Waals surface area contributed by atoms with Gasteiger partial charge in [0.05, 0.1) is 10.9 Å². The van der Waals surface area contributed by atoms with E-state index >= 15 is 0 Å². The Balaban J connectivity index is 2.09. The molecule has 5 nitrogen and oxygen atoms in total. The second-order valence-electron chi connectivity index (χ2n) is 5.33. The molecule has 0 aliphatic carbocycles. The van der Waals surface area contributed by atoms with Gasteiger partial charge in [0.2, 0.25) is 9.84 Å². The van der Waals surface area contributed by atoms with Gasteiger partial charge in [-0.25, -0.2) is 22.0 Å². The molecule has 0 heterocycles. The second kappa shape index (κ2) is 7.73. The normalized spacial score (nSPS) is 12.7. The summed E-state index contributed by atoms with van der Waals surface area (Å²) in [6.45, 7) is 1.52. The predicted octanol–water partition coefficient (Wildman–Crippen LogP) is 3.84. The largest absolute Gasteiger partial charge is 0.341 e. The summed E-state index contributed by atoms with van der Waals surface area (Å²) < 4.78 is 74.2. The first kappa shape index (κ1) is 19.7. The summed E-state index contributed by atoms with van der Waals surface area (Å²) in [6.07, 6.45) is 0. The number of urea groups is 1. The van der Waals surface area contributed by atoms with E-state index in [9.17, 15) is 30.8 Å². The van der Waals surface area contributed by atoms with Gasteiger partial charge in [0.15, 0.2) is 11.6 Å². The Morgan fingerprint density at radius 2 is 1.73 bits per heavy atom. The standard InChI is InChI=1S/C16H14F4N2O3S/c1-9(10-5-6-13(17)14(18)7-10)21-16(23)22-11-3-2-4-12(8-11)26(24,25)15(19)20/h2-9,15H,1H3,(H2,21,22,23). The highest BCUT2D eigenvalue weighted by atomic mass is 32.2. The van der Waals surface area contributed by atoms with Gasteiger partial charge in [-0.2, -0.15) is 8.78 Å². The monoisotopic (exact) mass is 390 g/mol. The lowest BCUT2D eigenvalue weighted by atomic mass is 10.1. The number of rotatable bonds is 5. The van der Waals surface area contributed by atoms with E-state index in [0.717, 1.165) is 24.3 Å². The summed E-state index contributed by atoms with van der Waals surface area (Å²) in [5, 5.41) is 4.73. The number of benzene rings is 2. The van der Waals surface area contributed by atoms with Crippen LogP contribution in [0.1, 0.15) is 18.5 Å². The van der Waals surface area contributed by atoms with Gasteiger partial charge in [-0.15, -0.1) is 0 Å². The molecule has 0 spiro atoms. The fraction of sp³-hybridized carbons (Fsp3) is 0.188. The number of carbonyl (C=O) groups is 1. The maximum Gasteiger partial charge on any atom is 0.341 e. The minimum absolute atomic E-state index is 0.0262. The van der Waals surface area contributed by atoms with E-state index in [2.05, 4.69) is 10.6 Å². The van der Waals surface area contributed by atoms with Crippen molar-refractivity contribution in [2.45, 2.75) is 23.6 Å². The number of hydrogen-bond donors (Lipinski definition) is 2. The average Bonchev–Trinajstić information content (AvgIpc) is 2.57. The molecule has 0 fully saturated rings. The fourth-order valence-corrected chi connectivity index (χ4v) is 2.85. The van der Waals surface area contributed by atoms with Gasteiger partial charge in [0.1, 0.15) is 0 Å². The first-order chi connectivity index (χ1) is 12.1. The predicted molar refractivity (Wildman–Crippen MR) is 86.6 cm³/mol. The van der Waals surface area contributed by atoms with Gasteiger partial charge in [0, 0.05) is 5.69 Å². The Hall–Kier alpha value is -2.62. The number of hydrogen-bond acceptors (Lipinski definition) is 3. The first-order valence-corrected chi connectivity index (χ1v) is 8.80. The van der Waals surface area contributed by atoms with Crippen molar-refractivity contribution in [2.24, 2.45) is 0 Å². The van der Waals surface area contributed by atoms with Crippen LogP contribution in [0, 0.1) is 11.6 Å². The molecule has 2 aromatic carbocycles. The minimum Gasteiger partial charge on any atom is -0.331 e. The molecule has 0 saturated carbocycles. The van der Waals surface area contributed by atoms with E-state index in [0.29, 0.717) is 5.56 Å². The van der Waals surface area contributed by atoms with E-state index in [1.807, 2.05) is 0 Å². The molecule has 0 saturated heterocycles. The van der Waals surface area contributed by atoms with Gasteiger partial charge < -0.3 is 10.6 Å². The Bertz CT molecular complexity index is 919. The van der Waals surface area contributed by atoms with Crippen molar-refractivity contribution in [2.75, 3.05) is 5.32 Å². The summed E-state index contributed by atoms with van der Waals surface area (Å²) in [6, 6.07) is 6.04. The molecule has 26 heavy (non-hydrogen) atoms. The van der Waals surface area contributed by atoms with E-state index in [1.165, 1.54) is 25.1 Å². The van der Waals surface area contributed by atoms with Crippen molar-refractivity contribution < 1.29 is 30.8 Å². The molecule has 2 aromatic rings. The molecule has 0 radical (unpaired) electrons. The molecule has 10 heteroatoms. The highest BCUT2D eigenvalue weighted by Crippen LogP contribution is 2.22. The number of halogens is 4. The maximum atomic E-state index is 13.2. The third-order valence-electron chi connectivity index (χ3n) is 3.45. The van der Waals surface area contributed by atoms with Crippen molar-refractivity contribution in [3.05, 3.63) is 59.7 Å². The SMILES string of the molecule is CC(NC(=O)Nc1cccc(S(=O)(=O)C(F)F)c1)c1ccc(F)c(F)c1. The average molecular weight is 390 g/mol. The molecule has 0 aliphatic heterocycles. The second-order valence-corrected chi connectivity index (χ2v) is 7.24. The van der Waals surface area contributed by atoms with Crippen molar-refractivity contribution >= 4 is 21.6 Å². The minimum atomic E-state index is -4.79. The van der Waals surface area contributed by atoms with Gasteiger partial charge in [-0.3, -0.25) is 0 Å². The molecule has 2 rings (SSSR count). The molecule has 2 N–H and O–H groups in total. The molecule has 0 aromatic heterocycles. The zero-order valence-electron chi connectivity index (χ0n) is 13.3. The third kappa shape index (κ3) is 4.51. The van der Waals surface area contributed by atoms with Crippen molar-refractivity contribution in [3.8, 4) is 0 Å². The van der Waals surface area contributed by atoms with Crippen LogP contribution in [0.25, 0.3) is 0 Å². The number of carbonyl (C=O) groups excluding carboxylic acids is 1. The number of amides is 2. The van der Waals surface area contributed by atoms with E-state index in [-0.39, 0.29) is 5.69 Å². The Morgan fingerprint density at radius 1 is 1.04 bits per heavy atom. The van der Waals surface area contributed by atoms with Crippen LogP contribution in [0.5, 0.6) is 0 Å². The molecule has 140 valence electrons. The molecule has 2 amide bonds. The quantitative estimate of drug-likeness (QED) is 0.762. The van der Waals surface area contributed by atoms with E-state index < -0.39 is 44.2 Å². The fourth-order valence-electron chi connectivity index (χ4n) is 2.08. The highest BCUT2D eigenvalue weighted by molar-refractivity contribution is 7.91. The van der Waals surface area contributed by atoms with Gasteiger partial charge in [0.25, 0.3) is 0 Å². The summed E-state index contributed by atoms with van der Waals surface area (Å²) in [5.74, 6) is -5.68. The van der Waals surface area contributed by atoms with E-state index in [1.54, 1.807) is 0 Å². The third-order valence-corrected chi connectivity index (χ3v) is 4.83. The Labute approximate surface area is 146 Å². The lowest BCUT2D eigenvalue weighted by Gasteiger charge is -2.15. The molecule has 0 aliphatic rings. The van der Waals surface area contributed by atoms with Crippen molar-refractivity contribution in [1.29, 1.82) is 0 Å². The molecule has 1 unspecified atom stereocenters. The maximum absolute atomic E-state index is 13.2. The lowest BCUT2D eigenvalue weighted by molar-refractivity contribution is 0.235. The summed E-state index contributed by atoms with van der Waals surface area (Å²) in [5.41, 5.74) is 0.273. The summed E-state index contributed by atoms with van der Waals surface area (Å²) in [4.78, 5) is 11.3. The van der Waals surface area contributed by atoms with Crippen LogP contribution in [0.2, 0.25) is 0 Å². The topological polar surface area (TPSA) is 75.3 Å². The molecule has 1 atom stereocenters. The Morgan fingerprint density at radius 3 is 2.35 bits per heavy atom. The van der Waals surface area contributed by atoms with Crippen LogP contribution < -0.4 is 10.6 Å². The number of alkyl halides is 2. The van der Waals surface area contributed by atoms with Crippen LogP contribution in [0.4, 0.5) is 28.0 Å². The number of nitrogens with one attached hydrogen (secondary N) is 2. The zero-order chi connectivity index (χ0) is 19.5. The molecular weight excluding hydrogens is 376 g/mol. The van der Waals surface area contributed by atoms with Crippen LogP contribution in [0.3, 0.4) is 0 Å². The van der Waals surface area contributed by atoms with Crippen LogP contribution in [-0.2, 0) is 9.84 Å². The number of anilines is 1. The summed E-state index contributed by atoms with van der Waals surface area (Å²) in [7, 11) is -4.79. The molecular formula is C16H14F4N2O3S. The molecule has 0 bridgehead atoms. The Kier molecular flexibility index (Phi) is 5.86. The van der Waals surface area contributed by atoms with Crippen LogP contribution in [0.15, 0.2) is 47.4 Å². The summed E-state index contributed by atoms with van der Waals surface area (Å²) >= 11 is 0. The zero-order valence-corrected chi connectivity index (χ0v) is 14.2. The van der Waals surface area contributed by atoms with Gasteiger partial charge >= 0.3 is 11.8 Å². The van der Waals surface area contributed by atoms with Crippen molar-refractivity contribution in [3.63, 3.8) is 0 Å². The van der Waals surface area contributed by atoms with Crippen LogP contribution >= 0.6 is 0 Å². The van der Waals surface area contributed by atoms with Gasteiger partial charge in [-0.05, 0) is 42.8 Å². The highest BCUT2D eigenvalue weighted by Gasteiger charge is 2.26. The number of sulfone groups is 1. The van der Waals surface area contributed by atoms with E-state index in [4.69, 9.17) is 0 Å².